The molecule has 3 nitrogen and oxygen atoms in total. The van der Waals surface area contributed by atoms with Crippen LogP contribution in [0.3, 0.4) is 0 Å². The minimum Gasteiger partial charge on any atom is -0.374 e. The predicted molar refractivity (Wildman–Crippen MR) is 47.4 cm³/mol. The molecule has 0 radical (unpaired) electrons. The molecule has 2 aliphatic rings. The highest BCUT2D eigenvalue weighted by atomic mass is 16.5. The second-order valence-corrected chi connectivity index (χ2v) is 4.00. The maximum absolute atomic E-state index is 7.84. The van der Waals surface area contributed by atoms with Gasteiger partial charge in [-0.2, -0.15) is 0 Å². The van der Waals surface area contributed by atoms with Gasteiger partial charge in [-0.15, -0.1) is 0 Å². The lowest BCUT2D eigenvalue weighted by Gasteiger charge is -2.24. The van der Waals surface area contributed by atoms with Gasteiger partial charge in [0.05, 0.1) is 12.2 Å². The Morgan fingerprint density at radius 1 is 1.42 bits per heavy atom. The molecule has 0 spiro atoms. The molecule has 2 saturated heterocycles. The lowest BCUT2D eigenvalue weighted by molar-refractivity contribution is 0.0986. The average molecular weight is 168 g/mol. The van der Waals surface area contributed by atoms with E-state index in [1.807, 2.05) is 19.0 Å². The highest BCUT2D eigenvalue weighted by molar-refractivity contribution is 5.82. The molecule has 2 rings (SSSR count). The van der Waals surface area contributed by atoms with Gasteiger partial charge >= 0.3 is 0 Å². The van der Waals surface area contributed by atoms with E-state index in [-0.39, 0.29) is 0 Å². The van der Waals surface area contributed by atoms with Crippen LogP contribution in [0, 0.1) is 11.3 Å². The zero-order valence-electron chi connectivity index (χ0n) is 7.71. The summed E-state index contributed by atoms with van der Waals surface area (Å²) in [6.45, 7) is 0. The monoisotopic (exact) mass is 168 g/mol. The molecule has 0 aliphatic carbocycles. The summed E-state index contributed by atoms with van der Waals surface area (Å²) in [4.78, 5) is 1.90. The van der Waals surface area contributed by atoms with E-state index in [2.05, 4.69) is 0 Å². The number of hydrogen-bond donors (Lipinski definition) is 1. The first kappa shape index (κ1) is 8.05. The van der Waals surface area contributed by atoms with Gasteiger partial charge in [0.15, 0.2) is 0 Å². The molecule has 0 saturated carbocycles. The minimum atomic E-state index is 0.352. The zero-order valence-corrected chi connectivity index (χ0v) is 7.71. The van der Waals surface area contributed by atoms with Crippen molar-refractivity contribution >= 4 is 5.84 Å². The van der Waals surface area contributed by atoms with Gasteiger partial charge in [-0.3, -0.25) is 5.41 Å². The first-order chi connectivity index (χ1) is 5.68. The molecule has 3 unspecified atom stereocenters. The lowest BCUT2D eigenvalue weighted by atomic mass is 9.88. The van der Waals surface area contributed by atoms with Crippen molar-refractivity contribution in [2.75, 3.05) is 14.1 Å². The van der Waals surface area contributed by atoms with E-state index >= 15 is 0 Å². The summed E-state index contributed by atoms with van der Waals surface area (Å²) in [6.07, 6.45) is 4.25. The fourth-order valence-corrected chi connectivity index (χ4v) is 2.26. The third kappa shape index (κ3) is 1.12. The predicted octanol–water partition coefficient (Wildman–Crippen LogP) is 1.09. The third-order valence-corrected chi connectivity index (χ3v) is 2.94. The molecule has 3 atom stereocenters. The van der Waals surface area contributed by atoms with Gasteiger partial charge in [-0.1, -0.05) is 0 Å². The molecule has 3 heteroatoms. The Hall–Kier alpha value is -0.570. The highest BCUT2D eigenvalue weighted by Gasteiger charge is 2.43. The number of rotatable bonds is 1. The van der Waals surface area contributed by atoms with Crippen LogP contribution in [0.15, 0.2) is 0 Å². The van der Waals surface area contributed by atoms with Gasteiger partial charge in [0.2, 0.25) is 0 Å². The van der Waals surface area contributed by atoms with Crippen molar-refractivity contribution in [3.05, 3.63) is 0 Å². The Bertz CT molecular complexity index is 203. The Morgan fingerprint density at radius 2 is 2.17 bits per heavy atom. The molecule has 2 aliphatic heterocycles. The Labute approximate surface area is 73.2 Å². The molecule has 0 amide bonds. The summed E-state index contributed by atoms with van der Waals surface area (Å²) in [5.74, 6) is 1.11. The third-order valence-electron chi connectivity index (χ3n) is 2.94. The van der Waals surface area contributed by atoms with Crippen molar-refractivity contribution < 1.29 is 4.74 Å². The van der Waals surface area contributed by atoms with Gasteiger partial charge in [0.25, 0.3) is 0 Å². The van der Waals surface area contributed by atoms with E-state index in [0.717, 1.165) is 18.7 Å². The van der Waals surface area contributed by atoms with E-state index < -0.39 is 0 Å². The van der Waals surface area contributed by atoms with E-state index in [0.29, 0.717) is 18.1 Å². The molecule has 68 valence electrons. The molecule has 12 heavy (non-hydrogen) atoms. The fraction of sp³-hybridized carbons (Fsp3) is 0.889. The van der Waals surface area contributed by atoms with Crippen LogP contribution in [-0.2, 0) is 4.74 Å². The van der Waals surface area contributed by atoms with Crippen molar-refractivity contribution in [1.29, 1.82) is 5.41 Å². The van der Waals surface area contributed by atoms with Crippen LogP contribution >= 0.6 is 0 Å². The number of fused-ring (bicyclic) bond motifs is 2. The maximum atomic E-state index is 7.84. The number of ether oxygens (including phenoxy) is 1. The van der Waals surface area contributed by atoms with Crippen LogP contribution in [0.5, 0.6) is 0 Å². The SMILES string of the molecule is CN(C)C(=N)C1CC2CCC1O2. The minimum absolute atomic E-state index is 0.352. The highest BCUT2D eigenvalue weighted by Crippen LogP contribution is 2.39. The molecule has 0 aromatic rings. The molecule has 0 aromatic heterocycles. The molecule has 0 aromatic carbocycles. The van der Waals surface area contributed by atoms with E-state index in [1.54, 1.807) is 0 Å². The van der Waals surface area contributed by atoms with Gasteiger partial charge in [0.1, 0.15) is 5.84 Å². The Morgan fingerprint density at radius 3 is 2.58 bits per heavy atom. The first-order valence-electron chi connectivity index (χ1n) is 4.59. The summed E-state index contributed by atoms with van der Waals surface area (Å²) in [6, 6.07) is 0. The van der Waals surface area contributed by atoms with Gasteiger partial charge in [0, 0.05) is 20.0 Å². The fourth-order valence-electron chi connectivity index (χ4n) is 2.26. The second-order valence-electron chi connectivity index (χ2n) is 4.00. The second kappa shape index (κ2) is 2.73. The quantitative estimate of drug-likeness (QED) is 0.470. The van der Waals surface area contributed by atoms with E-state index in [4.69, 9.17) is 10.1 Å². The van der Waals surface area contributed by atoms with E-state index in [1.165, 1.54) is 6.42 Å². The smallest absolute Gasteiger partial charge is 0.101 e. The summed E-state index contributed by atoms with van der Waals surface area (Å²) >= 11 is 0. The van der Waals surface area contributed by atoms with Crippen LogP contribution in [0.1, 0.15) is 19.3 Å². The van der Waals surface area contributed by atoms with Gasteiger partial charge in [-0.25, -0.2) is 0 Å². The zero-order chi connectivity index (χ0) is 8.72. The summed E-state index contributed by atoms with van der Waals surface area (Å²) in [5, 5.41) is 7.84. The van der Waals surface area contributed by atoms with Crippen molar-refractivity contribution in [3.63, 3.8) is 0 Å². The van der Waals surface area contributed by atoms with Crippen molar-refractivity contribution in [2.45, 2.75) is 31.5 Å². The first-order valence-corrected chi connectivity index (χ1v) is 4.59. The number of amidine groups is 1. The van der Waals surface area contributed by atoms with Crippen molar-refractivity contribution in [2.24, 2.45) is 5.92 Å². The largest absolute Gasteiger partial charge is 0.374 e. The Kier molecular flexibility index (Phi) is 1.83. The summed E-state index contributed by atoms with van der Waals surface area (Å²) in [5.41, 5.74) is 0. The van der Waals surface area contributed by atoms with Gasteiger partial charge in [-0.05, 0) is 19.3 Å². The molecular weight excluding hydrogens is 152 g/mol. The normalized spacial score (nSPS) is 38.7. The summed E-state index contributed by atoms with van der Waals surface area (Å²) < 4.78 is 5.69. The van der Waals surface area contributed by atoms with E-state index in [9.17, 15) is 0 Å². The molecule has 1 N–H and O–H groups in total. The van der Waals surface area contributed by atoms with Crippen molar-refractivity contribution in [3.8, 4) is 0 Å². The number of hydrogen-bond acceptors (Lipinski definition) is 2. The van der Waals surface area contributed by atoms with Crippen LogP contribution in [-0.4, -0.2) is 37.0 Å². The standard InChI is InChI=1S/C9H16N2O/c1-11(2)9(10)7-5-6-3-4-8(7)12-6/h6-8,10H,3-5H2,1-2H3. The topological polar surface area (TPSA) is 36.3 Å². The molecule has 2 bridgehead atoms. The summed E-state index contributed by atoms with van der Waals surface area (Å²) in [7, 11) is 3.88. The molecule has 2 fully saturated rings. The van der Waals surface area contributed by atoms with Crippen LogP contribution in [0.25, 0.3) is 0 Å². The lowest BCUT2D eigenvalue weighted by Crippen LogP contribution is -2.34. The number of nitrogens with one attached hydrogen (secondary N) is 1. The van der Waals surface area contributed by atoms with Crippen molar-refractivity contribution in [1.82, 2.24) is 4.90 Å². The van der Waals surface area contributed by atoms with Crippen LogP contribution in [0.2, 0.25) is 0 Å². The van der Waals surface area contributed by atoms with Crippen LogP contribution < -0.4 is 0 Å². The Balaban J connectivity index is 2.02. The maximum Gasteiger partial charge on any atom is 0.101 e. The average Bonchev–Trinajstić information content (AvgIpc) is 2.62. The molecule has 2 heterocycles. The number of nitrogens with zero attached hydrogens (tertiary/aromatic N) is 1. The van der Waals surface area contributed by atoms with Crippen LogP contribution in [0.4, 0.5) is 0 Å². The van der Waals surface area contributed by atoms with Gasteiger partial charge < -0.3 is 9.64 Å². The molecular formula is C9H16N2O.